The Labute approximate surface area is 256 Å². The topological polar surface area (TPSA) is 105 Å². The average Bonchev–Trinajstić information content (AvgIpc) is 3.43. The van der Waals surface area contributed by atoms with Gasteiger partial charge in [-0.05, 0) is 50.6 Å². The van der Waals surface area contributed by atoms with E-state index in [0.29, 0.717) is 27.1 Å². The highest BCUT2D eigenvalue weighted by atomic mass is 35.5. The third-order valence-corrected chi connectivity index (χ3v) is 9.17. The summed E-state index contributed by atoms with van der Waals surface area (Å²) in [5.41, 5.74) is 1.49. The van der Waals surface area contributed by atoms with Gasteiger partial charge in [0.15, 0.2) is 11.5 Å². The number of benzene rings is 3. The fraction of sp³-hybridized carbons (Fsp3) is 0.333. The standard InChI is InChI=1S/C30H33Cl2N3O6S/c1-4-42(38,39)35(22-13-14-27-28(16-22)41-19-40-27)18-29(36)34(17-23-24(31)11-8-12-25(23)32)26(30(37)33-20(2)3)15-21-9-6-5-7-10-21/h5-14,16,20,26H,4,15,17-19H2,1-3H3,(H,33,37)/t26-/m1/s1. The van der Waals surface area contributed by atoms with Gasteiger partial charge in [-0.2, -0.15) is 0 Å². The quantitative estimate of drug-likeness (QED) is 0.299. The first kappa shape index (κ1) is 31.5. The maximum absolute atomic E-state index is 14.3. The fourth-order valence-corrected chi connectivity index (χ4v) is 6.12. The Morgan fingerprint density at radius 1 is 0.952 bits per heavy atom. The molecule has 2 amide bonds. The van der Waals surface area contributed by atoms with E-state index in [1.807, 2.05) is 44.2 Å². The van der Waals surface area contributed by atoms with Crippen molar-refractivity contribution in [3.05, 3.63) is 87.9 Å². The molecular weight excluding hydrogens is 601 g/mol. The lowest BCUT2D eigenvalue weighted by Gasteiger charge is -2.34. The van der Waals surface area contributed by atoms with Gasteiger partial charge in [0.2, 0.25) is 28.6 Å². The number of amides is 2. The second-order valence-electron chi connectivity index (χ2n) is 10.0. The van der Waals surface area contributed by atoms with Crippen molar-refractivity contribution in [2.24, 2.45) is 0 Å². The lowest BCUT2D eigenvalue weighted by atomic mass is 10.0. The van der Waals surface area contributed by atoms with Gasteiger partial charge in [0.1, 0.15) is 12.6 Å². The van der Waals surface area contributed by atoms with Crippen molar-refractivity contribution >= 4 is 50.7 Å². The molecule has 3 aromatic carbocycles. The number of carbonyl (C=O) groups excluding carboxylic acids is 2. The van der Waals surface area contributed by atoms with Crippen LogP contribution in [0.4, 0.5) is 5.69 Å². The zero-order valence-electron chi connectivity index (χ0n) is 23.5. The summed E-state index contributed by atoms with van der Waals surface area (Å²) in [6.07, 6.45) is 0.178. The Morgan fingerprint density at radius 2 is 1.62 bits per heavy atom. The van der Waals surface area contributed by atoms with E-state index >= 15 is 0 Å². The molecular formula is C30H33Cl2N3O6S. The van der Waals surface area contributed by atoms with Gasteiger partial charge in [0, 0.05) is 40.7 Å². The van der Waals surface area contributed by atoms with E-state index in [-0.39, 0.29) is 37.2 Å². The summed E-state index contributed by atoms with van der Waals surface area (Å²) in [4.78, 5) is 29.3. The van der Waals surface area contributed by atoms with Gasteiger partial charge in [-0.1, -0.05) is 59.6 Å². The van der Waals surface area contributed by atoms with Crippen LogP contribution in [0, 0.1) is 0 Å². The molecule has 3 aromatic rings. The fourth-order valence-electron chi connectivity index (χ4n) is 4.55. The van der Waals surface area contributed by atoms with Crippen LogP contribution in [0.2, 0.25) is 10.0 Å². The molecule has 1 aliphatic heterocycles. The molecule has 224 valence electrons. The number of nitrogens with one attached hydrogen (secondary N) is 1. The molecule has 1 heterocycles. The van der Waals surface area contributed by atoms with E-state index in [9.17, 15) is 18.0 Å². The number of rotatable bonds is 12. The highest BCUT2D eigenvalue weighted by molar-refractivity contribution is 7.92. The van der Waals surface area contributed by atoms with E-state index in [2.05, 4.69) is 5.32 Å². The summed E-state index contributed by atoms with van der Waals surface area (Å²) < 4.78 is 38.5. The van der Waals surface area contributed by atoms with Gasteiger partial charge in [-0.15, -0.1) is 0 Å². The summed E-state index contributed by atoms with van der Waals surface area (Å²) >= 11 is 13.0. The summed E-state index contributed by atoms with van der Waals surface area (Å²) in [5, 5.41) is 3.54. The van der Waals surface area contributed by atoms with Crippen molar-refractivity contribution in [3.63, 3.8) is 0 Å². The summed E-state index contributed by atoms with van der Waals surface area (Å²) in [6.45, 7) is 4.46. The van der Waals surface area contributed by atoms with E-state index < -0.39 is 34.4 Å². The molecule has 1 atom stereocenters. The predicted molar refractivity (Wildman–Crippen MR) is 164 cm³/mol. The van der Waals surface area contributed by atoms with Crippen LogP contribution in [0.15, 0.2) is 66.7 Å². The minimum Gasteiger partial charge on any atom is -0.454 e. The Hall–Kier alpha value is -3.47. The number of nitrogens with zero attached hydrogens (tertiary/aromatic N) is 2. The number of ether oxygens (including phenoxy) is 2. The van der Waals surface area contributed by atoms with Crippen molar-refractivity contribution in [1.29, 1.82) is 0 Å². The van der Waals surface area contributed by atoms with E-state index in [0.717, 1.165) is 9.87 Å². The first-order valence-electron chi connectivity index (χ1n) is 13.5. The number of halogens is 2. The van der Waals surface area contributed by atoms with Crippen LogP contribution in [-0.4, -0.2) is 56.3 Å². The minimum absolute atomic E-state index is 0.0107. The van der Waals surface area contributed by atoms with Gasteiger partial charge in [0.05, 0.1) is 11.4 Å². The summed E-state index contributed by atoms with van der Waals surface area (Å²) in [7, 11) is -3.94. The highest BCUT2D eigenvalue weighted by Crippen LogP contribution is 2.36. The Balaban J connectivity index is 1.78. The van der Waals surface area contributed by atoms with Gasteiger partial charge < -0.3 is 19.7 Å². The number of hydrogen-bond donors (Lipinski definition) is 1. The Kier molecular flexibility index (Phi) is 10.2. The average molecular weight is 635 g/mol. The van der Waals surface area contributed by atoms with E-state index in [4.69, 9.17) is 32.7 Å². The van der Waals surface area contributed by atoms with E-state index in [1.54, 1.807) is 30.3 Å². The zero-order valence-corrected chi connectivity index (χ0v) is 25.9. The molecule has 0 saturated carbocycles. The molecule has 0 bridgehead atoms. The molecule has 0 aliphatic carbocycles. The number of fused-ring (bicyclic) bond motifs is 1. The third-order valence-electron chi connectivity index (χ3n) is 6.72. The molecule has 0 fully saturated rings. The van der Waals surface area contributed by atoms with Crippen LogP contribution in [0.25, 0.3) is 0 Å². The van der Waals surface area contributed by atoms with Gasteiger partial charge in [-0.3, -0.25) is 13.9 Å². The molecule has 9 nitrogen and oxygen atoms in total. The molecule has 4 rings (SSSR count). The third kappa shape index (κ3) is 7.48. The summed E-state index contributed by atoms with van der Waals surface area (Å²) in [6, 6.07) is 17.7. The Morgan fingerprint density at radius 3 is 2.26 bits per heavy atom. The van der Waals surface area contributed by atoms with Crippen LogP contribution in [-0.2, 0) is 32.6 Å². The van der Waals surface area contributed by atoms with Crippen LogP contribution in [0.1, 0.15) is 31.9 Å². The zero-order chi connectivity index (χ0) is 30.4. The first-order valence-corrected chi connectivity index (χ1v) is 15.8. The van der Waals surface area contributed by atoms with Crippen LogP contribution >= 0.6 is 23.2 Å². The SMILES string of the molecule is CCS(=O)(=O)N(CC(=O)N(Cc1c(Cl)cccc1Cl)[C@H](Cc1ccccc1)C(=O)NC(C)C)c1ccc2c(c1)OCO2. The normalized spacial score (nSPS) is 13.1. The minimum atomic E-state index is -3.94. The van der Waals surface area contributed by atoms with Crippen molar-refractivity contribution < 1.29 is 27.5 Å². The maximum atomic E-state index is 14.3. The van der Waals surface area contributed by atoms with Crippen molar-refractivity contribution in [2.75, 3.05) is 23.4 Å². The Bertz CT molecular complexity index is 1510. The lowest BCUT2D eigenvalue weighted by Crippen LogP contribution is -2.54. The molecule has 1 aliphatic rings. The largest absolute Gasteiger partial charge is 0.454 e. The van der Waals surface area contributed by atoms with Gasteiger partial charge >= 0.3 is 0 Å². The highest BCUT2D eigenvalue weighted by Gasteiger charge is 2.35. The molecule has 0 spiro atoms. The van der Waals surface area contributed by atoms with Crippen molar-refractivity contribution in [2.45, 2.75) is 45.8 Å². The molecule has 12 heteroatoms. The maximum Gasteiger partial charge on any atom is 0.244 e. The van der Waals surface area contributed by atoms with Crippen molar-refractivity contribution in [3.8, 4) is 11.5 Å². The van der Waals surface area contributed by atoms with Crippen molar-refractivity contribution in [1.82, 2.24) is 10.2 Å². The molecule has 0 aromatic heterocycles. The van der Waals surface area contributed by atoms with E-state index in [1.165, 1.54) is 17.9 Å². The first-order chi connectivity index (χ1) is 20.0. The van der Waals surface area contributed by atoms with Gasteiger partial charge in [0.25, 0.3) is 0 Å². The second kappa shape index (κ2) is 13.7. The van der Waals surface area contributed by atoms with Crippen LogP contribution in [0.5, 0.6) is 11.5 Å². The van der Waals surface area contributed by atoms with Crippen LogP contribution in [0.3, 0.4) is 0 Å². The molecule has 0 radical (unpaired) electrons. The van der Waals surface area contributed by atoms with Crippen LogP contribution < -0.4 is 19.1 Å². The van der Waals surface area contributed by atoms with Gasteiger partial charge in [-0.25, -0.2) is 8.42 Å². The molecule has 1 N–H and O–H groups in total. The molecule has 0 unspecified atom stereocenters. The predicted octanol–water partition coefficient (Wildman–Crippen LogP) is 5.04. The number of hydrogen-bond acceptors (Lipinski definition) is 6. The molecule has 42 heavy (non-hydrogen) atoms. The number of carbonyl (C=O) groups is 2. The molecule has 0 saturated heterocycles. The number of sulfonamides is 1. The summed E-state index contributed by atoms with van der Waals surface area (Å²) in [5.74, 6) is -0.415. The monoisotopic (exact) mass is 633 g/mol. The smallest absolute Gasteiger partial charge is 0.244 e. The number of anilines is 1. The lowest BCUT2D eigenvalue weighted by molar-refractivity contribution is -0.140. The second-order valence-corrected chi connectivity index (χ2v) is 13.0.